The lowest BCUT2D eigenvalue weighted by Gasteiger charge is -2.17. The summed E-state index contributed by atoms with van der Waals surface area (Å²) < 4.78 is 2.11. The van der Waals surface area contributed by atoms with E-state index in [1.54, 1.807) is 0 Å². The highest BCUT2D eigenvalue weighted by atomic mass is 15.3. The van der Waals surface area contributed by atoms with E-state index in [9.17, 15) is 0 Å². The van der Waals surface area contributed by atoms with Crippen molar-refractivity contribution in [3.8, 4) is 0 Å². The Hall–Kier alpha value is -0.870. The van der Waals surface area contributed by atoms with Gasteiger partial charge in [0.25, 0.3) is 0 Å². The smallest absolute Gasteiger partial charge is 0.0762 e. The van der Waals surface area contributed by atoms with Crippen LogP contribution in [0.4, 0.5) is 0 Å². The van der Waals surface area contributed by atoms with Gasteiger partial charge >= 0.3 is 0 Å². The number of aromatic nitrogens is 2. The van der Waals surface area contributed by atoms with Crippen molar-refractivity contribution in [2.45, 2.75) is 53.1 Å². The van der Waals surface area contributed by atoms with Gasteiger partial charge < -0.3 is 10.2 Å². The van der Waals surface area contributed by atoms with Crippen LogP contribution in [-0.2, 0) is 6.54 Å². The molecule has 1 heterocycles. The van der Waals surface area contributed by atoms with E-state index in [-0.39, 0.29) is 0 Å². The summed E-state index contributed by atoms with van der Waals surface area (Å²) in [5.74, 6) is 0. The number of hydrogen-bond donors (Lipinski definition) is 1. The zero-order valence-electron chi connectivity index (χ0n) is 13.0. The fourth-order valence-electron chi connectivity index (χ4n) is 2.33. The minimum Gasteiger partial charge on any atom is -0.310 e. The molecule has 0 amide bonds. The molecule has 0 unspecified atom stereocenters. The zero-order chi connectivity index (χ0) is 14.1. The van der Waals surface area contributed by atoms with Crippen molar-refractivity contribution in [2.24, 2.45) is 0 Å². The van der Waals surface area contributed by atoms with E-state index in [2.05, 4.69) is 60.0 Å². The lowest BCUT2D eigenvalue weighted by molar-refractivity contribution is 0.302. The highest BCUT2D eigenvalue weighted by Crippen LogP contribution is 2.14. The van der Waals surface area contributed by atoms with Gasteiger partial charge in [-0.1, -0.05) is 27.7 Å². The van der Waals surface area contributed by atoms with E-state index in [1.807, 2.05) is 0 Å². The normalized spacial score (nSPS) is 11.7. The second-order valence-corrected chi connectivity index (χ2v) is 4.96. The lowest BCUT2D eigenvalue weighted by Crippen LogP contribution is -2.31. The second kappa shape index (κ2) is 9.10. The van der Waals surface area contributed by atoms with Crippen LogP contribution in [0.3, 0.4) is 0 Å². The van der Waals surface area contributed by atoms with Gasteiger partial charge in [0.1, 0.15) is 0 Å². The first-order chi connectivity index (χ1) is 9.24. The lowest BCUT2D eigenvalue weighted by atomic mass is 10.2. The van der Waals surface area contributed by atoms with Crippen LogP contribution in [0.5, 0.6) is 0 Å². The molecule has 1 N–H and O–H groups in total. The van der Waals surface area contributed by atoms with Gasteiger partial charge in [-0.3, -0.25) is 4.68 Å². The Kier molecular flexibility index (Phi) is 7.75. The van der Waals surface area contributed by atoms with E-state index in [1.165, 1.54) is 0 Å². The molecule has 0 bridgehead atoms. The molecule has 0 radical (unpaired) electrons. The third-order valence-electron chi connectivity index (χ3n) is 3.79. The Balaban J connectivity index is 2.30. The number of hydrogen-bond acceptors (Lipinski definition) is 3. The molecule has 0 saturated carbocycles. The van der Waals surface area contributed by atoms with Crippen LogP contribution >= 0.6 is 0 Å². The first-order valence-electron chi connectivity index (χ1n) is 7.72. The van der Waals surface area contributed by atoms with Crippen molar-refractivity contribution in [1.29, 1.82) is 0 Å². The molecule has 1 aromatic rings. The van der Waals surface area contributed by atoms with Crippen molar-refractivity contribution < 1.29 is 0 Å². The molecule has 110 valence electrons. The maximum Gasteiger partial charge on any atom is 0.0762 e. The van der Waals surface area contributed by atoms with Crippen molar-refractivity contribution in [3.05, 3.63) is 18.0 Å². The Morgan fingerprint density at radius 2 is 1.89 bits per heavy atom. The maximum atomic E-state index is 4.65. The van der Waals surface area contributed by atoms with E-state index in [4.69, 9.17) is 0 Å². The molecule has 0 aromatic carbocycles. The quantitative estimate of drug-likeness (QED) is 0.661. The second-order valence-electron chi connectivity index (χ2n) is 4.96. The average Bonchev–Trinajstić information content (AvgIpc) is 2.89. The van der Waals surface area contributed by atoms with Crippen LogP contribution in [0.1, 0.15) is 52.3 Å². The van der Waals surface area contributed by atoms with Gasteiger partial charge in [-0.15, -0.1) is 0 Å². The van der Waals surface area contributed by atoms with Crippen LogP contribution in [0.15, 0.2) is 12.3 Å². The summed E-state index contributed by atoms with van der Waals surface area (Å²) in [5, 5.41) is 8.12. The molecular weight excluding hydrogens is 236 g/mol. The predicted molar refractivity (Wildman–Crippen MR) is 81.3 cm³/mol. The molecule has 0 aliphatic carbocycles. The predicted octanol–water partition coefficient (Wildman–Crippen LogP) is 2.68. The van der Waals surface area contributed by atoms with Gasteiger partial charge in [0.2, 0.25) is 0 Å². The molecule has 19 heavy (non-hydrogen) atoms. The highest BCUT2D eigenvalue weighted by Gasteiger charge is 2.07. The Bertz CT molecular complexity index is 327. The van der Waals surface area contributed by atoms with Crippen molar-refractivity contribution in [3.63, 3.8) is 0 Å². The molecule has 4 heteroatoms. The van der Waals surface area contributed by atoms with Gasteiger partial charge in [-0.2, -0.15) is 5.10 Å². The first kappa shape index (κ1) is 16.2. The summed E-state index contributed by atoms with van der Waals surface area (Å²) in [7, 11) is 0. The summed E-state index contributed by atoms with van der Waals surface area (Å²) in [6, 6.07) is 2.67. The zero-order valence-corrected chi connectivity index (χ0v) is 13.0. The highest BCUT2D eigenvalue weighted by molar-refractivity contribution is 4.99. The van der Waals surface area contributed by atoms with Crippen LogP contribution < -0.4 is 5.32 Å². The van der Waals surface area contributed by atoms with Gasteiger partial charge in [-0.05, 0) is 32.0 Å². The summed E-state index contributed by atoms with van der Waals surface area (Å²) in [6.45, 7) is 14.1. The van der Waals surface area contributed by atoms with E-state index < -0.39 is 0 Å². The monoisotopic (exact) mass is 266 g/mol. The van der Waals surface area contributed by atoms with E-state index in [0.717, 1.165) is 51.3 Å². The summed E-state index contributed by atoms with van der Waals surface area (Å²) in [5.41, 5.74) is 1.14. The Morgan fingerprint density at radius 3 is 2.47 bits per heavy atom. The Morgan fingerprint density at radius 1 is 1.21 bits per heavy atom. The Labute approximate surface area is 118 Å². The van der Waals surface area contributed by atoms with Gasteiger partial charge in [0.15, 0.2) is 0 Å². The summed E-state index contributed by atoms with van der Waals surface area (Å²) in [4.78, 5) is 2.43. The van der Waals surface area contributed by atoms with Crippen LogP contribution in [-0.4, -0.2) is 40.9 Å². The maximum absolute atomic E-state index is 4.65. The number of nitrogens with zero attached hydrogens (tertiary/aromatic N) is 3. The third-order valence-corrected chi connectivity index (χ3v) is 3.79. The summed E-state index contributed by atoms with van der Waals surface area (Å²) >= 11 is 0. The van der Waals surface area contributed by atoms with Crippen LogP contribution in [0.25, 0.3) is 0 Å². The first-order valence-corrected chi connectivity index (χ1v) is 7.72. The molecule has 0 fully saturated rings. The molecule has 0 aliphatic heterocycles. The molecule has 1 aromatic heterocycles. The number of rotatable bonds is 10. The summed E-state index contributed by atoms with van der Waals surface area (Å²) in [6.07, 6.45) is 4.40. The average molecular weight is 266 g/mol. The van der Waals surface area contributed by atoms with E-state index in [0.29, 0.717) is 6.04 Å². The standard InChI is InChI=1S/C15H30N4/c1-5-15(6-2)19-11-9-14(17-19)13-16-10-12-18(7-3)8-4/h9,11,15-16H,5-8,10,12-13H2,1-4H3. The number of nitrogens with one attached hydrogen (secondary N) is 1. The van der Waals surface area contributed by atoms with Gasteiger partial charge in [0, 0.05) is 25.8 Å². The SMILES string of the molecule is CCC(CC)n1ccc(CNCCN(CC)CC)n1. The largest absolute Gasteiger partial charge is 0.310 e. The van der Waals surface area contributed by atoms with Crippen molar-refractivity contribution >= 4 is 0 Å². The molecular formula is C15H30N4. The topological polar surface area (TPSA) is 33.1 Å². The minimum atomic E-state index is 0.546. The minimum absolute atomic E-state index is 0.546. The van der Waals surface area contributed by atoms with Crippen molar-refractivity contribution in [2.75, 3.05) is 26.2 Å². The molecule has 4 nitrogen and oxygen atoms in total. The third kappa shape index (κ3) is 5.33. The number of likely N-dealkylation sites (N-methyl/N-ethyl adjacent to an activating group) is 1. The molecule has 0 atom stereocenters. The molecule has 1 rings (SSSR count). The molecule has 0 saturated heterocycles. The van der Waals surface area contributed by atoms with Crippen molar-refractivity contribution in [1.82, 2.24) is 20.0 Å². The fraction of sp³-hybridized carbons (Fsp3) is 0.800. The van der Waals surface area contributed by atoms with Gasteiger partial charge in [-0.25, -0.2) is 0 Å². The van der Waals surface area contributed by atoms with E-state index >= 15 is 0 Å². The van der Waals surface area contributed by atoms with Crippen LogP contribution in [0, 0.1) is 0 Å². The molecule has 0 spiro atoms. The molecule has 0 aliphatic rings. The van der Waals surface area contributed by atoms with Gasteiger partial charge in [0.05, 0.1) is 11.7 Å². The fourth-order valence-corrected chi connectivity index (χ4v) is 2.33. The van der Waals surface area contributed by atoms with Crippen LogP contribution in [0.2, 0.25) is 0 Å².